The fourth-order valence-electron chi connectivity index (χ4n) is 3.77. The second kappa shape index (κ2) is 10.9. The molecule has 1 fully saturated rings. The van der Waals surface area contributed by atoms with Crippen molar-refractivity contribution >= 4 is 5.96 Å². The molecule has 29 heavy (non-hydrogen) atoms. The lowest BCUT2D eigenvalue weighted by Crippen LogP contribution is -2.50. The van der Waals surface area contributed by atoms with Crippen LogP contribution in [0.2, 0.25) is 0 Å². The number of ether oxygens (including phenoxy) is 1. The van der Waals surface area contributed by atoms with E-state index in [1.807, 2.05) is 37.4 Å². The third-order valence-corrected chi connectivity index (χ3v) is 5.56. The van der Waals surface area contributed by atoms with E-state index in [2.05, 4.69) is 64.7 Å². The predicted molar refractivity (Wildman–Crippen MR) is 120 cm³/mol. The van der Waals surface area contributed by atoms with Gasteiger partial charge in [-0.3, -0.25) is 9.89 Å². The van der Waals surface area contributed by atoms with E-state index in [0.29, 0.717) is 18.6 Å². The normalized spacial score (nSPS) is 18.1. The Bertz CT molecular complexity index is 742. The summed E-state index contributed by atoms with van der Waals surface area (Å²) in [7, 11) is 1.82. The van der Waals surface area contributed by atoms with Crippen molar-refractivity contribution in [3.05, 3.63) is 66.2 Å². The van der Waals surface area contributed by atoms with Crippen LogP contribution in [-0.2, 0) is 0 Å². The molecular weight excluding hydrogens is 360 g/mol. The Morgan fingerprint density at radius 1 is 1.03 bits per heavy atom. The summed E-state index contributed by atoms with van der Waals surface area (Å²) in [6.45, 7) is 7.27. The quantitative estimate of drug-likeness (QED) is 0.553. The first-order valence-corrected chi connectivity index (χ1v) is 10.6. The summed E-state index contributed by atoms with van der Waals surface area (Å²) in [5.74, 6) is 1.74. The summed E-state index contributed by atoms with van der Waals surface area (Å²) in [5, 5.41) is 6.98. The number of guanidine groups is 1. The Kier molecular flexibility index (Phi) is 7.94. The van der Waals surface area contributed by atoms with Crippen molar-refractivity contribution in [2.24, 2.45) is 4.99 Å². The molecule has 2 N–H and O–H groups in total. The van der Waals surface area contributed by atoms with E-state index in [1.54, 1.807) is 0 Å². The van der Waals surface area contributed by atoms with E-state index < -0.39 is 0 Å². The van der Waals surface area contributed by atoms with Crippen molar-refractivity contribution in [3.8, 4) is 5.75 Å². The molecule has 5 heteroatoms. The van der Waals surface area contributed by atoms with Gasteiger partial charge in [-0.25, -0.2) is 0 Å². The van der Waals surface area contributed by atoms with E-state index in [1.165, 1.54) is 5.56 Å². The van der Waals surface area contributed by atoms with Gasteiger partial charge >= 0.3 is 0 Å². The molecule has 0 aromatic heterocycles. The average molecular weight is 395 g/mol. The second-order valence-electron chi connectivity index (χ2n) is 7.74. The van der Waals surface area contributed by atoms with Crippen LogP contribution in [0.15, 0.2) is 65.7 Å². The van der Waals surface area contributed by atoms with Crippen molar-refractivity contribution in [2.75, 3.05) is 26.7 Å². The molecule has 2 unspecified atom stereocenters. The summed E-state index contributed by atoms with van der Waals surface area (Å²) in [5.41, 5.74) is 1.39. The molecule has 1 heterocycles. The van der Waals surface area contributed by atoms with Crippen LogP contribution in [0.4, 0.5) is 0 Å². The number of piperidine rings is 1. The fourth-order valence-corrected chi connectivity index (χ4v) is 3.77. The highest BCUT2D eigenvalue weighted by atomic mass is 16.5. The zero-order valence-electron chi connectivity index (χ0n) is 17.8. The molecule has 0 radical (unpaired) electrons. The first kappa shape index (κ1) is 21.2. The van der Waals surface area contributed by atoms with Crippen LogP contribution >= 0.6 is 0 Å². The Morgan fingerprint density at radius 3 is 2.28 bits per heavy atom. The number of nitrogens with one attached hydrogen (secondary N) is 2. The Morgan fingerprint density at radius 2 is 1.66 bits per heavy atom. The van der Waals surface area contributed by atoms with Crippen LogP contribution in [0, 0.1) is 0 Å². The van der Waals surface area contributed by atoms with Gasteiger partial charge in [0.25, 0.3) is 0 Å². The molecule has 0 bridgehead atoms. The highest BCUT2D eigenvalue weighted by molar-refractivity contribution is 5.80. The molecule has 0 saturated carbocycles. The van der Waals surface area contributed by atoms with E-state index >= 15 is 0 Å². The number of nitrogens with zero attached hydrogens (tertiary/aromatic N) is 2. The summed E-state index contributed by atoms with van der Waals surface area (Å²) in [6.07, 6.45) is 2.30. The van der Waals surface area contributed by atoms with Crippen LogP contribution in [0.1, 0.15) is 38.3 Å². The van der Waals surface area contributed by atoms with Crippen LogP contribution < -0.4 is 15.4 Å². The van der Waals surface area contributed by atoms with Crippen LogP contribution in [0.3, 0.4) is 0 Å². The van der Waals surface area contributed by atoms with Gasteiger partial charge in [-0.1, -0.05) is 48.5 Å². The Labute approximate surface area is 175 Å². The zero-order valence-corrected chi connectivity index (χ0v) is 17.8. The highest BCUT2D eigenvalue weighted by Gasteiger charge is 2.24. The molecule has 0 amide bonds. The number of hydrogen-bond donors (Lipinski definition) is 2. The maximum atomic E-state index is 5.93. The van der Waals surface area contributed by atoms with Crippen molar-refractivity contribution in [1.29, 1.82) is 0 Å². The summed E-state index contributed by atoms with van der Waals surface area (Å²) in [6, 6.07) is 21.6. The highest BCUT2D eigenvalue weighted by Crippen LogP contribution is 2.23. The number of rotatable bonds is 7. The van der Waals surface area contributed by atoms with Gasteiger partial charge in [0.15, 0.2) is 5.96 Å². The molecular formula is C24H34N4O. The van der Waals surface area contributed by atoms with Crippen molar-refractivity contribution < 1.29 is 4.74 Å². The predicted octanol–water partition coefficient (Wildman–Crippen LogP) is 3.84. The molecule has 5 nitrogen and oxygen atoms in total. The van der Waals surface area contributed by atoms with Crippen LogP contribution in [0.5, 0.6) is 5.75 Å². The topological polar surface area (TPSA) is 48.9 Å². The van der Waals surface area contributed by atoms with Crippen LogP contribution in [0.25, 0.3) is 0 Å². The maximum absolute atomic E-state index is 5.93. The number of likely N-dealkylation sites (tertiary alicyclic amines) is 1. The molecule has 0 aliphatic carbocycles. The lowest BCUT2D eigenvalue weighted by molar-refractivity contribution is 0.158. The molecule has 1 aliphatic heterocycles. The van der Waals surface area contributed by atoms with Gasteiger partial charge in [0.05, 0.1) is 6.54 Å². The van der Waals surface area contributed by atoms with E-state index in [-0.39, 0.29) is 6.10 Å². The van der Waals surface area contributed by atoms with Crippen LogP contribution in [-0.4, -0.2) is 49.7 Å². The van der Waals surface area contributed by atoms with Crippen molar-refractivity contribution in [3.63, 3.8) is 0 Å². The maximum Gasteiger partial charge on any atom is 0.191 e. The minimum Gasteiger partial charge on any atom is -0.489 e. The zero-order chi connectivity index (χ0) is 20.5. The van der Waals surface area contributed by atoms with Gasteiger partial charge in [-0.15, -0.1) is 0 Å². The number of hydrogen-bond acceptors (Lipinski definition) is 3. The van der Waals surface area contributed by atoms with Gasteiger partial charge in [0.1, 0.15) is 11.9 Å². The second-order valence-corrected chi connectivity index (χ2v) is 7.74. The molecule has 156 valence electrons. The molecule has 2 aromatic carbocycles. The first-order chi connectivity index (χ1) is 14.2. The monoisotopic (exact) mass is 394 g/mol. The molecule has 1 saturated heterocycles. The molecule has 0 spiro atoms. The summed E-state index contributed by atoms with van der Waals surface area (Å²) < 4.78 is 5.93. The number of aliphatic imine (C=N–C) groups is 1. The smallest absolute Gasteiger partial charge is 0.191 e. The fraction of sp³-hybridized carbons (Fsp3) is 0.458. The summed E-state index contributed by atoms with van der Waals surface area (Å²) >= 11 is 0. The third-order valence-electron chi connectivity index (χ3n) is 5.56. The van der Waals surface area contributed by atoms with Gasteiger partial charge < -0.3 is 15.4 Å². The lowest BCUT2D eigenvalue weighted by Gasteiger charge is -2.37. The number of para-hydroxylation sites is 1. The number of benzene rings is 2. The largest absolute Gasteiger partial charge is 0.489 e. The summed E-state index contributed by atoms with van der Waals surface area (Å²) in [4.78, 5) is 6.96. The lowest BCUT2D eigenvalue weighted by atomic mass is 10.0. The van der Waals surface area contributed by atoms with Gasteiger partial charge in [-0.2, -0.15) is 0 Å². The molecule has 3 rings (SSSR count). The first-order valence-electron chi connectivity index (χ1n) is 10.6. The average Bonchev–Trinajstić information content (AvgIpc) is 2.78. The Balaban J connectivity index is 1.40. The van der Waals surface area contributed by atoms with Crippen molar-refractivity contribution in [2.45, 2.75) is 44.9 Å². The molecule has 2 aromatic rings. The molecule has 2 atom stereocenters. The van der Waals surface area contributed by atoms with Gasteiger partial charge in [-0.05, 0) is 44.4 Å². The van der Waals surface area contributed by atoms with E-state index in [9.17, 15) is 0 Å². The Hall–Kier alpha value is -2.53. The van der Waals surface area contributed by atoms with Crippen molar-refractivity contribution in [1.82, 2.24) is 15.5 Å². The molecule has 1 aliphatic rings. The minimum absolute atomic E-state index is 0.0597. The van der Waals surface area contributed by atoms with E-state index in [0.717, 1.165) is 37.6 Å². The van der Waals surface area contributed by atoms with Gasteiger partial charge in [0.2, 0.25) is 0 Å². The van der Waals surface area contributed by atoms with E-state index in [4.69, 9.17) is 4.74 Å². The SMILES string of the molecule is CN=C(NCC(C)Oc1ccccc1)NC1CCN(C(C)c2ccccc2)CC1. The third kappa shape index (κ3) is 6.50. The standard InChI is InChI=1S/C24H34N4O/c1-19(29-23-12-8-5-9-13-23)18-26-24(25-3)27-22-14-16-28(17-15-22)20(2)21-10-6-4-7-11-21/h4-13,19-20,22H,14-18H2,1-3H3,(H2,25,26,27). The minimum atomic E-state index is 0.0597. The van der Waals surface area contributed by atoms with Gasteiger partial charge in [0, 0.05) is 32.2 Å².